The van der Waals surface area contributed by atoms with Crippen molar-refractivity contribution >= 4 is 17.5 Å². The van der Waals surface area contributed by atoms with Crippen molar-refractivity contribution in [2.75, 3.05) is 17.7 Å². The van der Waals surface area contributed by atoms with E-state index in [0.717, 1.165) is 12.8 Å². The molecule has 3 heterocycles. The number of tetrazole rings is 1. The van der Waals surface area contributed by atoms with Gasteiger partial charge in [-0.05, 0) is 57.0 Å². The van der Waals surface area contributed by atoms with Crippen LogP contribution in [0.15, 0.2) is 30.7 Å². The molecule has 0 spiro atoms. The maximum atomic E-state index is 9.60. The van der Waals surface area contributed by atoms with E-state index >= 15 is 0 Å². The minimum atomic E-state index is -0.0342. The number of rotatable bonds is 6. The standard InChI is InChI=1S/C22H28N10O/c1-21(2)9-16(10-22(3,4)29-21)26-19-14(11-23)12-24-20(28-19)27-15-6-17(8-18(7-15)33-5)32-13-25-30-31-32/h6-8,12-13,16,29H,9-10H2,1-5H3,(H2,24,26,27,28). The zero-order chi connectivity index (χ0) is 23.6. The van der Waals surface area contributed by atoms with E-state index in [0.29, 0.717) is 34.5 Å². The van der Waals surface area contributed by atoms with Crippen LogP contribution in [0.25, 0.3) is 5.69 Å². The highest BCUT2D eigenvalue weighted by molar-refractivity contribution is 5.63. The Morgan fingerprint density at radius 3 is 2.58 bits per heavy atom. The smallest absolute Gasteiger partial charge is 0.229 e. The SMILES string of the molecule is COc1cc(Nc2ncc(C#N)c(NC3CC(C)(C)NC(C)(C)C3)n2)cc(-n2cnnn2)c1. The summed E-state index contributed by atoms with van der Waals surface area (Å²) in [5.74, 6) is 1.49. The number of nitrogens with one attached hydrogen (secondary N) is 3. The highest BCUT2D eigenvalue weighted by atomic mass is 16.5. The molecule has 0 atom stereocenters. The Balaban J connectivity index is 1.60. The molecule has 1 aromatic carbocycles. The number of hydrogen-bond acceptors (Lipinski definition) is 10. The van der Waals surface area contributed by atoms with E-state index in [9.17, 15) is 5.26 Å². The summed E-state index contributed by atoms with van der Waals surface area (Å²) < 4.78 is 6.94. The van der Waals surface area contributed by atoms with Crippen LogP contribution < -0.4 is 20.7 Å². The van der Waals surface area contributed by atoms with Gasteiger partial charge in [0.25, 0.3) is 0 Å². The minimum Gasteiger partial charge on any atom is -0.497 e. The van der Waals surface area contributed by atoms with Crippen LogP contribution in [0.4, 0.5) is 17.5 Å². The van der Waals surface area contributed by atoms with Crippen LogP contribution >= 0.6 is 0 Å². The van der Waals surface area contributed by atoms with Crippen molar-refractivity contribution < 1.29 is 4.74 Å². The summed E-state index contributed by atoms with van der Waals surface area (Å²) in [6.07, 6.45) is 4.83. The molecule has 0 aliphatic carbocycles. The molecule has 1 aliphatic rings. The van der Waals surface area contributed by atoms with E-state index in [1.165, 1.54) is 17.2 Å². The van der Waals surface area contributed by atoms with E-state index in [1.807, 2.05) is 18.2 Å². The molecule has 0 amide bonds. The van der Waals surface area contributed by atoms with Gasteiger partial charge in [0.05, 0.1) is 19.0 Å². The molecule has 4 rings (SSSR count). The van der Waals surface area contributed by atoms with Crippen molar-refractivity contribution in [3.8, 4) is 17.5 Å². The maximum absolute atomic E-state index is 9.60. The van der Waals surface area contributed by atoms with Gasteiger partial charge in [-0.1, -0.05) is 0 Å². The molecule has 0 saturated carbocycles. The fourth-order valence-corrected chi connectivity index (χ4v) is 4.57. The van der Waals surface area contributed by atoms with Gasteiger partial charge in [-0.15, -0.1) is 5.10 Å². The summed E-state index contributed by atoms with van der Waals surface area (Å²) >= 11 is 0. The van der Waals surface area contributed by atoms with Crippen LogP contribution in [0.3, 0.4) is 0 Å². The quantitative estimate of drug-likeness (QED) is 0.516. The summed E-state index contributed by atoms with van der Waals surface area (Å²) in [5.41, 5.74) is 1.74. The zero-order valence-corrected chi connectivity index (χ0v) is 19.4. The summed E-state index contributed by atoms with van der Waals surface area (Å²) in [7, 11) is 1.59. The molecule has 0 bridgehead atoms. The van der Waals surface area contributed by atoms with Crippen molar-refractivity contribution in [3.05, 3.63) is 36.3 Å². The fraction of sp³-hybridized carbons (Fsp3) is 0.455. The van der Waals surface area contributed by atoms with Gasteiger partial charge in [0, 0.05) is 34.9 Å². The Hall–Kier alpha value is -3.78. The third kappa shape index (κ3) is 5.35. The topological polar surface area (TPSA) is 138 Å². The van der Waals surface area contributed by atoms with Gasteiger partial charge in [-0.2, -0.15) is 10.2 Å². The van der Waals surface area contributed by atoms with Gasteiger partial charge in [0.2, 0.25) is 5.95 Å². The number of ether oxygens (including phenoxy) is 1. The minimum absolute atomic E-state index is 0.0342. The molecule has 0 unspecified atom stereocenters. The van der Waals surface area contributed by atoms with Crippen molar-refractivity contribution in [2.45, 2.75) is 57.7 Å². The van der Waals surface area contributed by atoms with Crippen molar-refractivity contribution in [1.29, 1.82) is 5.26 Å². The van der Waals surface area contributed by atoms with Gasteiger partial charge in [-0.25, -0.2) is 9.67 Å². The monoisotopic (exact) mass is 448 g/mol. The Labute approximate surface area is 192 Å². The molecule has 3 N–H and O–H groups in total. The maximum Gasteiger partial charge on any atom is 0.229 e. The first-order valence-electron chi connectivity index (χ1n) is 10.7. The molecule has 33 heavy (non-hydrogen) atoms. The Morgan fingerprint density at radius 1 is 1.18 bits per heavy atom. The van der Waals surface area contributed by atoms with Crippen molar-refractivity contribution in [2.24, 2.45) is 0 Å². The Morgan fingerprint density at radius 2 is 1.94 bits per heavy atom. The largest absolute Gasteiger partial charge is 0.497 e. The normalized spacial score (nSPS) is 17.2. The molecule has 1 aliphatic heterocycles. The number of aromatic nitrogens is 6. The van der Waals surface area contributed by atoms with Crippen LogP contribution in [0.5, 0.6) is 5.75 Å². The highest BCUT2D eigenvalue weighted by Gasteiger charge is 2.38. The second kappa shape index (κ2) is 8.63. The number of anilines is 3. The Kier molecular flexibility index (Phi) is 5.86. The molecule has 2 aromatic heterocycles. The average Bonchev–Trinajstić information content (AvgIpc) is 3.26. The first kappa shape index (κ1) is 22.4. The number of piperidine rings is 1. The lowest BCUT2D eigenvalue weighted by Crippen LogP contribution is -2.60. The van der Waals surface area contributed by atoms with E-state index in [2.05, 4.69) is 75.2 Å². The molecule has 1 saturated heterocycles. The van der Waals surface area contributed by atoms with Gasteiger partial charge < -0.3 is 20.7 Å². The lowest BCUT2D eigenvalue weighted by Gasteiger charge is -2.46. The second-order valence-electron chi connectivity index (χ2n) is 9.51. The van der Waals surface area contributed by atoms with Crippen LogP contribution in [0, 0.1) is 11.3 Å². The van der Waals surface area contributed by atoms with E-state index in [1.54, 1.807) is 7.11 Å². The number of nitriles is 1. The third-order valence-corrected chi connectivity index (χ3v) is 5.44. The number of hydrogen-bond donors (Lipinski definition) is 3. The molecule has 0 radical (unpaired) electrons. The fourth-order valence-electron chi connectivity index (χ4n) is 4.57. The van der Waals surface area contributed by atoms with Crippen LogP contribution in [-0.2, 0) is 0 Å². The highest BCUT2D eigenvalue weighted by Crippen LogP contribution is 2.31. The molecule has 11 heteroatoms. The molecule has 11 nitrogen and oxygen atoms in total. The van der Waals surface area contributed by atoms with Gasteiger partial charge in [0.15, 0.2) is 0 Å². The predicted molar refractivity (Wildman–Crippen MR) is 124 cm³/mol. The average molecular weight is 449 g/mol. The lowest BCUT2D eigenvalue weighted by molar-refractivity contribution is 0.170. The van der Waals surface area contributed by atoms with E-state index in [-0.39, 0.29) is 17.1 Å². The molecular formula is C22H28N10O. The van der Waals surface area contributed by atoms with Crippen LogP contribution in [0.2, 0.25) is 0 Å². The first-order chi connectivity index (χ1) is 15.7. The molecule has 172 valence electrons. The summed E-state index contributed by atoms with van der Waals surface area (Å²) in [6.45, 7) is 8.75. The summed E-state index contributed by atoms with van der Waals surface area (Å²) in [4.78, 5) is 8.93. The zero-order valence-electron chi connectivity index (χ0n) is 19.4. The van der Waals surface area contributed by atoms with Crippen molar-refractivity contribution in [3.63, 3.8) is 0 Å². The van der Waals surface area contributed by atoms with E-state index in [4.69, 9.17) is 4.74 Å². The number of benzene rings is 1. The molecular weight excluding hydrogens is 420 g/mol. The van der Waals surface area contributed by atoms with Gasteiger partial charge >= 0.3 is 0 Å². The predicted octanol–water partition coefficient (Wildman–Crippen LogP) is 2.80. The van der Waals surface area contributed by atoms with Crippen molar-refractivity contribution in [1.82, 2.24) is 35.5 Å². The number of methoxy groups -OCH3 is 1. The third-order valence-electron chi connectivity index (χ3n) is 5.44. The van der Waals surface area contributed by atoms with Crippen LogP contribution in [0.1, 0.15) is 46.1 Å². The molecule has 1 fully saturated rings. The van der Waals surface area contributed by atoms with E-state index < -0.39 is 0 Å². The molecule has 3 aromatic rings. The first-order valence-corrected chi connectivity index (χ1v) is 10.7. The summed E-state index contributed by atoms with van der Waals surface area (Å²) in [5, 5.41) is 31.2. The lowest BCUT2D eigenvalue weighted by atomic mass is 9.79. The van der Waals surface area contributed by atoms with Gasteiger partial charge in [0.1, 0.15) is 29.5 Å². The summed E-state index contributed by atoms with van der Waals surface area (Å²) in [6, 6.07) is 7.84. The Bertz CT molecular complexity index is 1150. The van der Waals surface area contributed by atoms with Crippen LogP contribution in [-0.4, -0.2) is 54.4 Å². The van der Waals surface area contributed by atoms with Gasteiger partial charge in [-0.3, -0.25) is 0 Å². The number of nitrogens with zero attached hydrogens (tertiary/aromatic N) is 7. The second-order valence-corrected chi connectivity index (χ2v) is 9.51.